The number of carbonyl (C=O) groups is 1. The second-order valence-corrected chi connectivity index (χ2v) is 19.2. The highest BCUT2D eigenvalue weighted by Gasteiger charge is 2.30. The summed E-state index contributed by atoms with van der Waals surface area (Å²) in [7, 11) is 4.14. The molecule has 1 aliphatic carbocycles. The predicted molar refractivity (Wildman–Crippen MR) is 279 cm³/mol. The number of hydrogen-bond donors (Lipinski definition) is 1. The van der Waals surface area contributed by atoms with Crippen LogP contribution in [0.3, 0.4) is 0 Å². The molecule has 0 amide bonds. The lowest BCUT2D eigenvalue weighted by atomic mass is 9.89. The Hall–Kier alpha value is -7.52. The Morgan fingerprint density at radius 3 is 1.87 bits per heavy atom. The van der Waals surface area contributed by atoms with Crippen LogP contribution in [0.4, 0.5) is 0 Å². The van der Waals surface area contributed by atoms with Crippen molar-refractivity contribution in [2.45, 2.75) is 38.1 Å². The second-order valence-electron chi connectivity index (χ2n) is 18.4. The fourth-order valence-electron chi connectivity index (χ4n) is 11.2. The van der Waals surface area contributed by atoms with E-state index in [1.165, 1.54) is 6.42 Å². The third-order valence-electron chi connectivity index (χ3n) is 14.5. The van der Waals surface area contributed by atoms with E-state index in [2.05, 4.69) is 112 Å². The van der Waals surface area contributed by atoms with E-state index in [-0.39, 0.29) is 11.6 Å². The highest BCUT2D eigenvalue weighted by Crippen LogP contribution is 2.46. The van der Waals surface area contributed by atoms with Crippen molar-refractivity contribution in [1.29, 1.82) is 0 Å². The van der Waals surface area contributed by atoms with E-state index in [4.69, 9.17) is 33.2 Å². The van der Waals surface area contributed by atoms with E-state index in [0.29, 0.717) is 26.7 Å². The maximum absolute atomic E-state index is 14.0. The van der Waals surface area contributed by atoms with Crippen LogP contribution in [-0.4, -0.2) is 39.7 Å². The standard InChI is InChI=1S/C58H42Cl2N6O2/c1-64-49-20-13-32(27-42(49)44-29-38(59)15-22-51(44)64)41-31-53-56(54(55(41)58(67)68)36-11-17-46-33(25-36)7-6-24-61-46)63-57(66(53)40-8-4-3-5-9-40)37-12-19-47-34(26-37)10-18-48(62-47)35-14-21-50-43(28-35)45-30-39(60)16-23-52(45)65(50)2/h6-7,10-31,40H,3-5,8-9H2,1-2H3,(H,67,68). The molecule has 0 unspecified atom stereocenters. The molecule has 1 fully saturated rings. The van der Waals surface area contributed by atoms with Gasteiger partial charge in [-0.05, 0) is 139 Å². The summed E-state index contributed by atoms with van der Waals surface area (Å²) in [4.78, 5) is 29.4. The van der Waals surface area contributed by atoms with Gasteiger partial charge < -0.3 is 18.8 Å². The maximum atomic E-state index is 14.0. The summed E-state index contributed by atoms with van der Waals surface area (Å²) < 4.78 is 6.78. The molecular weight excluding hydrogens is 884 g/mol. The number of carboxylic acids is 1. The van der Waals surface area contributed by atoms with Crippen LogP contribution in [0.5, 0.6) is 0 Å². The van der Waals surface area contributed by atoms with Gasteiger partial charge >= 0.3 is 5.97 Å². The monoisotopic (exact) mass is 924 g/mol. The molecule has 0 saturated heterocycles. The molecular formula is C58H42Cl2N6O2. The summed E-state index contributed by atoms with van der Waals surface area (Å²) in [5.41, 5.74) is 13.5. The molecule has 0 spiro atoms. The van der Waals surface area contributed by atoms with Gasteiger partial charge in [-0.15, -0.1) is 0 Å². The van der Waals surface area contributed by atoms with Gasteiger partial charge in [-0.25, -0.2) is 14.8 Å². The van der Waals surface area contributed by atoms with Crippen molar-refractivity contribution in [2.75, 3.05) is 0 Å². The van der Waals surface area contributed by atoms with Crippen molar-refractivity contribution in [1.82, 2.24) is 28.7 Å². The van der Waals surface area contributed by atoms with Crippen molar-refractivity contribution < 1.29 is 9.90 Å². The predicted octanol–water partition coefficient (Wildman–Crippen LogP) is 15.6. The van der Waals surface area contributed by atoms with Crippen LogP contribution < -0.4 is 0 Å². The van der Waals surface area contributed by atoms with Gasteiger partial charge in [0.05, 0.1) is 33.3 Å². The topological polar surface area (TPSA) is 90.8 Å². The highest BCUT2D eigenvalue weighted by molar-refractivity contribution is 6.32. The molecule has 68 heavy (non-hydrogen) atoms. The number of aromatic nitrogens is 6. The molecule has 330 valence electrons. The first kappa shape index (κ1) is 40.7. The number of nitrogens with zero attached hydrogens (tertiary/aromatic N) is 6. The van der Waals surface area contributed by atoms with Gasteiger partial charge in [-0.2, -0.15) is 0 Å². The lowest BCUT2D eigenvalue weighted by molar-refractivity contribution is 0.0698. The molecule has 1 N–H and O–H groups in total. The first-order valence-electron chi connectivity index (χ1n) is 23.1. The summed E-state index contributed by atoms with van der Waals surface area (Å²) >= 11 is 13.1. The van der Waals surface area contributed by atoms with E-state index >= 15 is 0 Å². The smallest absolute Gasteiger partial charge is 0.337 e. The van der Waals surface area contributed by atoms with Crippen molar-refractivity contribution in [2.24, 2.45) is 14.1 Å². The zero-order valence-electron chi connectivity index (χ0n) is 37.3. The average molecular weight is 926 g/mol. The van der Waals surface area contributed by atoms with Crippen LogP contribution in [0, 0.1) is 0 Å². The number of benzene rings is 7. The maximum Gasteiger partial charge on any atom is 0.337 e. The molecule has 0 aliphatic heterocycles. The van der Waals surface area contributed by atoms with Gasteiger partial charge in [0.25, 0.3) is 0 Å². The molecule has 0 atom stereocenters. The molecule has 1 aliphatic rings. The number of hydrogen-bond acceptors (Lipinski definition) is 4. The Labute approximate surface area is 400 Å². The molecule has 10 heteroatoms. The molecule has 0 bridgehead atoms. The number of aromatic carboxylic acids is 1. The number of imidazole rings is 1. The van der Waals surface area contributed by atoms with Crippen LogP contribution in [0.1, 0.15) is 48.5 Å². The Kier molecular flexibility index (Phi) is 9.30. The van der Waals surface area contributed by atoms with Crippen LogP contribution in [0.2, 0.25) is 10.0 Å². The van der Waals surface area contributed by atoms with Crippen LogP contribution in [0.25, 0.3) is 121 Å². The van der Waals surface area contributed by atoms with Gasteiger partial charge in [0.15, 0.2) is 0 Å². The van der Waals surface area contributed by atoms with Gasteiger partial charge in [0.2, 0.25) is 0 Å². The minimum atomic E-state index is -1.02. The summed E-state index contributed by atoms with van der Waals surface area (Å²) in [6.07, 6.45) is 7.18. The molecule has 7 aromatic carbocycles. The lowest BCUT2D eigenvalue weighted by Crippen LogP contribution is -2.14. The number of halogens is 2. The van der Waals surface area contributed by atoms with E-state index in [0.717, 1.165) is 130 Å². The zero-order chi connectivity index (χ0) is 45.9. The number of aryl methyl sites for hydroxylation is 2. The van der Waals surface area contributed by atoms with Gasteiger partial charge in [-0.1, -0.05) is 72.8 Å². The Balaban J connectivity index is 1.03. The van der Waals surface area contributed by atoms with E-state index in [1.54, 1.807) is 6.20 Å². The zero-order valence-corrected chi connectivity index (χ0v) is 38.8. The molecule has 8 nitrogen and oxygen atoms in total. The van der Waals surface area contributed by atoms with Crippen LogP contribution in [-0.2, 0) is 14.1 Å². The fraction of sp³-hybridized carbons (Fsp3) is 0.138. The number of rotatable bonds is 6. The second kappa shape index (κ2) is 15.5. The SMILES string of the molecule is Cn1c2ccc(Cl)cc2c2cc(-c3ccc4cc(-c5nc6c(-c7ccc8ncccc8c7)c(C(=O)O)c(-c7ccc8c(c7)c7cc(Cl)ccc7n8C)cc6n5C5CCCCC5)ccc4n3)ccc21. The first-order chi connectivity index (χ1) is 33.2. The Morgan fingerprint density at radius 1 is 0.574 bits per heavy atom. The third kappa shape index (κ3) is 6.35. The van der Waals surface area contributed by atoms with E-state index in [9.17, 15) is 9.90 Å². The average Bonchev–Trinajstić information content (AvgIpc) is 3.98. The minimum Gasteiger partial charge on any atom is -0.478 e. The Bertz CT molecular complexity index is 4120. The largest absolute Gasteiger partial charge is 0.478 e. The van der Waals surface area contributed by atoms with Crippen molar-refractivity contribution in [3.8, 4) is 44.9 Å². The van der Waals surface area contributed by atoms with E-state index in [1.807, 2.05) is 60.7 Å². The fourth-order valence-corrected chi connectivity index (χ4v) is 11.6. The molecule has 13 rings (SSSR count). The van der Waals surface area contributed by atoms with E-state index < -0.39 is 5.97 Å². The summed E-state index contributed by atoms with van der Waals surface area (Å²) in [6, 6.07) is 47.6. The molecule has 5 aromatic heterocycles. The molecule has 5 heterocycles. The minimum absolute atomic E-state index is 0.165. The summed E-state index contributed by atoms with van der Waals surface area (Å²) in [5.74, 6) is -0.205. The summed E-state index contributed by atoms with van der Waals surface area (Å²) in [6.45, 7) is 0. The third-order valence-corrected chi connectivity index (χ3v) is 15.0. The molecule has 0 radical (unpaired) electrons. The molecule has 1 saturated carbocycles. The van der Waals surface area contributed by atoms with Gasteiger partial charge in [0.1, 0.15) is 5.82 Å². The van der Waals surface area contributed by atoms with Crippen LogP contribution >= 0.6 is 23.2 Å². The van der Waals surface area contributed by atoms with Crippen LogP contribution in [0.15, 0.2) is 146 Å². The van der Waals surface area contributed by atoms with Crippen molar-refractivity contribution in [3.05, 3.63) is 161 Å². The normalized spacial score (nSPS) is 13.6. The summed E-state index contributed by atoms with van der Waals surface area (Å²) in [5, 5.41) is 19.0. The quantitative estimate of drug-likeness (QED) is 0.179. The number of carboxylic acid groups (broad SMARTS) is 1. The lowest BCUT2D eigenvalue weighted by Gasteiger charge is -2.26. The molecule has 12 aromatic rings. The first-order valence-corrected chi connectivity index (χ1v) is 23.9. The van der Waals surface area contributed by atoms with Gasteiger partial charge in [-0.3, -0.25) is 4.98 Å². The Morgan fingerprint density at radius 2 is 1.16 bits per heavy atom. The highest BCUT2D eigenvalue weighted by atomic mass is 35.5. The van der Waals surface area contributed by atoms with Gasteiger partial charge in [0, 0.05) is 107 Å². The van der Waals surface area contributed by atoms with Crippen molar-refractivity contribution >= 4 is 106 Å². The number of fused-ring (bicyclic) bond motifs is 9. The number of pyridine rings is 2. The van der Waals surface area contributed by atoms with Crippen molar-refractivity contribution in [3.63, 3.8) is 0 Å².